The van der Waals surface area contributed by atoms with Crippen molar-refractivity contribution in [1.82, 2.24) is 29.5 Å². The Kier molecular flexibility index (Phi) is 7.05. The van der Waals surface area contributed by atoms with Crippen LogP contribution in [0.15, 0.2) is 30.7 Å². The number of rotatable bonds is 7. The maximum atomic E-state index is 12.4. The highest BCUT2D eigenvalue weighted by molar-refractivity contribution is 6.32. The van der Waals surface area contributed by atoms with Gasteiger partial charge in [0.15, 0.2) is 5.82 Å². The minimum atomic E-state index is 0.0334. The van der Waals surface area contributed by atoms with Gasteiger partial charge in [-0.05, 0) is 26.9 Å². The number of piperidine rings is 1. The van der Waals surface area contributed by atoms with Gasteiger partial charge >= 0.3 is 0 Å². The number of anilines is 3. The molecule has 1 atom stereocenters. The van der Waals surface area contributed by atoms with Crippen molar-refractivity contribution in [2.45, 2.75) is 18.9 Å². The summed E-state index contributed by atoms with van der Waals surface area (Å²) >= 11 is 6.29. The molecule has 1 aliphatic heterocycles. The normalized spacial score (nSPS) is 17.1. The number of carbonyl (C=O) groups excluding carboxylic acids is 1. The van der Waals surface area contributed by atoms with Gasteiger partial charge in [-0.25, -0.2) is 4.98 Å². The summed E-state index contributed by atoms with van der Waals surface area (Å²) in [4.78, 5) is 25.0. The molecule has 2 aromatic rings. The summed E-state index contributed by atoms with van der Waals surface area (Å²) in [5, 5.41) is 11.0. The van der Waals surface area contributed by atoms with Crippen molar-refractivity contribution < 1.29 is 4.79 Å². The van der Waals surface area contributed by atoms with Crippen LogP contribution in [0.25, 0.3) is 0 Å². The topological polar surface area (TPSA) is 91.2 Å². The number of likely N-dealkylation sites (tertiary alicyclic amines) is 1. The SMILES string of the molecule is CN(C)C/C=C/C(=O)N1CCCC(Nc2nc(Nc3cnn(C)c3)ncc2Cl)C1. The van der Waals surface area contributed by atoms with Crippen molar-refractivity contribution in [1.29, 1.82) is 0 Å². The van der Waals surface area contributed by atoms with Gasteiger partial charge < -0.3 is 20.4 Å². The molecule has 0 aliphatic carbocycles. The zero-order valence-corrected chi connectivity index (χ0v) is 17.7. The van der Waals surface area contributed by atoms with E-state index in [2.05, 4.69) is 25.7 Å². The molecule has 0 bridgehead atoms. The number of halogens is 1. The standard InChI is InChI=1S/C19H27ClN8O/c1-26(2)8-5-7-17(29)28-9-4-6-14(13-28)23-18-16(20)11-21-19(25-18)24-15-10-22-27(3)12-15/h5,7,10-12,14H,4,6,8-9,13H2,1-3H3,(H2,21,23,24,25)/b7-5+. The van der Waals surface area contributed by atoms with Gasteiger partial charge in [0.2, 0.25) is 11.9 Å². The number of amides is 1. The third-order valence-electron chi connectivity index (χ3n) is 4.51. The first kappa shape index (κ1) is 21.1. The lowest BCUT2D eigenvalue weighted by molar-refractivity contribution is -0.127. The van der Waals surface area contributed by atoms with E-state index in [9.17, 15) is 4.79 Å². The number of nitrogens with zero attached hydrogens (tertiary/aromatic N) is 6. The third-order valence-corrected chi connectivity index (χ3v) is 4.79. The van der Waals surface area contributed by atoms with E-state index in [1.54, 1.807) is 23.2 Å². The Bertz CT molecular complexity index is 866. The predicted octanol–water partition coefficient (Wildman–Crippen LogP) is 2.13. The molecule has 3 heterocycles. The molecule has 1 fully saturated rings. The van der Waals surface area contributed by atoms with E-state index >= 15 is 0 Å². The first-order chi connectivity index (χ1) is 13.9. The minimum Gasteiger partial charge on any atom is -0.364 e. The summed E-state index contributed by atoms with van der Waals surface area (Å²) in [7, 11) is 5.78. The Morgan fingerprint density at radius 1 is 1.41 bits per heavy atom. The van der Waals surface area contributed by atoms with Crippen molar-refractivity contribution in [2.75, 3.05) is 44.4 Å². The summed E-state index contributed by atoms with van der Waals surface area (Å²) in [5.41, 5.74) is 0.791. The van der Waals surface area contributed by atoms with Crippen LogP contribution < -0.4 is 10.6 Å². The van der Waals surface area contributed by atoms with E-state index in [0.29, 0.717) is 23.3 Å². The Morgan fingerprint density at radius 3 is 2.97 bits per heavy atom. The predicted molar refractivity (Wildman–Crippen MR) is 114 cm³/mol. The van der Waals surface area contributed by atoms with E-state index in [0.717, 1.165) is 31.6 Å². The molecule has 1 amide bonds. The number of aromatic nitrogens is 4. The average Bonchev–Trinajstić information content (AvgIpc) is 3.09. The number of nitrogens with one attached hydrogen (secondary N) is 2. The van der Waals surface area contributed by atoms with Crippen LogP contribution in [0.4, 0.5) is 17.5 Å². The molecule has 1 aliphatic rings. The fraction of sp³-hybridized carbons (Fsp3) is 0.474. The molecule has 3 rings (SSSR count). The van der Waals surface area contributed by atoms with E-state index in [1.165, 1.54) is 0 Å². The van der Waals surface area contributed by atoms with Crippen molar-refractivity contribution in [3.05, 3.63) is 35.8 Å². The van der Waals surface area contributed by atoms with Crippen LogP contribution in [0.5, 0.6) is 0 Å². The van der Waals surface area contributed by atoms with Crippen LogP contribution in [-0.4, -0.2) is 75.2 Å². The monoisotopic (exact) mass is 418 g/mol. The smallest absolute Gasteiger partial charge is 0.246 e. The molecule has 0 saturated carbocycles. The van der Waals surface area contributed by atoms with Crippen molar-refractivity contribution in [3.8, 4) is 0 Å². The number of hydrogen-bond donors (Lipinski definition) is 2. The fourth-order valence-corrected chi connectivity index (χ4v) is 3.25. The van der Waals surface area contributed by atoms with Gasteiger partial charge in [-0.1, -0.05) is 17.7 Å². The molecule has 0 radical (unpaired) electrons. The number of hydrogen-bond acceptors (Lipinski definition) is 7. The Balaban J connectivity index is 1.62. The van der Waals surface area contributed by atoms with Crippen LogP contribution in [0, 0.1) is 0 Å². The highest BCUT2D eigenvalue weighted by atomic mass is 35.5. The van der Waals surface area contributed by atoms with Crippen molar-refractivity contribution in [3.63, 3.8) is 0 Å². The molecule has 0 spiro atoms. The highest BCUT2D eigenvalue weighted by Crippen LogP contribution is 2.24. The lowest BCUT2D eigenvalue weighted by Gasteiger charge is -2.33. The molecule has 1 unspecified atom stereocenters. The molecule has 2 aromatic heterocycles. The van der Waals surface area contributed by atoms with Crippen LogP contribution >= 0.6 is 11.6 Å². The molecule has 10 heteroatoms. The molecular formula is C19H27ClN8O. The molecule has 1 saturated heterocycles. The second kappa shape index (κ2) is 9.71. The summed E-state index contributed by atoms with van der Waals surface area (Å²) in [5.74, 6) is 1.02. The summed E-state index contributed by atoms with van der Waals surface area (Å²) in [6.07, 6.45) is 10.5. The van der Waals surface area contributed by atoms with Gasteiger partial charge in [-0.2, -0.15) is 10.1 Å². The maximum Gasteiger partial charge on any atom is 0.246 e. The molecule has 29 heavy (non-hydrogen) atoms. The van der Waals surface area contributed by atoms with Gasteiger partial charge in [0.05, 0.1) is 18.1 Å². The molecule has 0 aromatic carbocycles. The zero-order chi connectivity index (χ0) is 20.8. The third kappa shape index (κ3) is 6.16. The van der Waals surface area contributed by atoms with E-state index < -0.39 is 0 Å². The first-order valence-corrected chi connectivity index (χ1v) is 9.93. The van der Waals surface area contributed by atoms with E-state index in [4.69, 9.17) is 11.6 Å². The van der Waals surface area contributed by atoms with Crippen LogP contribution in [0.1, 0.15) is 12.8 Å². The summed E-state index contributed by atoms with van der Waals surface area (Å²) in [6.45, 7) is 2.11. The quantitative estimate of drug-likeness (QED) is 0.665. The highest BCUT2D eigenvalue weighted by Gasteiger charge is 2.23. The largest absolute Gasteiger partial charge is 0.364 e. The van der Waals surface area contributed by atoms with E-state index in [1.807, 2.05) is 43.2 Å². The van der Waals surface area contributed by atoms with Crippen molar-refractivity contribution >= 4 is 35.0 Å². The second-order valence-corrected chi connectivity index (χ2v) is 7.76. The Morgan fingerprint density at radius 2 is 2.24 bits per heavy atom. The second-order valence-electron chi connectivity index (χ2n) is 7.35. The zero-order valence-electron chi connectivity index (χ0n) is 17.0. The van der Waals surface area contributed by atoms with Crippen LogP contribution in [-0.2, 0) is 11.8 Å². The molecule has 156 valence electrons. The first-order valence-electron chi connectivity index (χ1n) is 9.55. The van der Waals surface area contributed by atoms with Gasteiger partial charge in [0.25, 0.3) is 0 Å². The van der Waals surface area contributed by atoms with Gasteiger partial charge in [0, 0.05) is 45.0 Å². The van der Waals surface area contributed by atoms with Gasteiger partial charge in [0.1, 0.15) is 5.02 Å². The van der Waals surface area contributed by atoms with E-state index in [-0.39, 0.29) is 11.9 Å². The lowest BCUT2D eigenvalue weighted by atomic mass is 10.1. The molecule has 2 N–H and O–H groups in total. The van der Waals surface area contributed by atoms with Crippen LogP contribution in [0.2, 0.25) is 5.02 Å². The average molecular weight is 419 g/mol. The van der Waals surface area contributed by atoms with Gasteiger partial charge in [-0.15, -0.1) is 0 Å². The van der Waals surface area contributed by atoms with Gasteiger partial charge in [-0.3, -0.25) is 9.48 Å². The van der Waals surface area contributed by atoms with Crippen molar-refractivity contribution in [2.24, 2.45) is 7.05 Å². The number of aryl methyl sites for hydroxylation is 1. The summed E-state index contributed by atoms with van der Waals surface area (Å²) in [6, 6.07) is 0.0774. The lowest BCUT2D eigenvalue weighted by Crippen LogP contribution is -2.44. The maximum absolute atomic E-state index is 12.4. The van der Waals surface area contributed by atoms with Crippen LogP contribution in [0.3, 0.4) is 0 Å². The molecular weight excluding hydrogens is 392 g/mol. The number of likely N-dealkylation sites (N-methyl/N-ethyl adjacent to an activating group) is 1. The Labute approximate surface area is 175 Å². The number of carbonyl (C=O) groups is 1. The minimum absolute atomic E-state index is 0.0334. The Hall–Kier alpha value is -2.65. The summed E-state index contributed by atoms with van der Waals surface area (Å²) < 4.78 is 1.69. The fourth-order valence-electron chi connectivity index (χ4n) is 3.10. The molecule has 9 nitrogen and oxygen atoms in total.